The Morgan fingerprint density at radius 2 is 1.90 bits per heavy atom. The number of nitrogens with zero attached hydrogens (tertiary/aromatic N) is 1. The van der Waals surface area contributed by atoms with Crippen LogP contribution in [0.1, 0.15) is 56.9 Å². The first-order valence-electron chi connectivity index (χ1n) is 11.7. The van der Waals surface area contributed by atoms with E-state index in [2.05, 4.69) is 14.7 Å². The fourth-order valence-electron chi connectivity index (χ4n) is 3.77. The summed E-state index contributed by atoms with van der Waals surface area (Å²) in [5.74, 6) is -1.43. The molecule has 2 N–H and O–H groups in total. The highest BCUT2D eigenvalue weighted by molar-refractivity contribution is 7.92. The predicted octanol–water partition coefficient (Wildman–Crippen LogP) is 5.15. The summed E-state index contributed by atoms with van der Waals surface area (Å²) in [5.41, 5.74) is 0.987. The summed E-state index contributed by atoms with van der Waals surface area (Å²) < 4.78 is 38.9. The lowest BCUT2D eigenvalue weighted by atomic mass is 10.2. The van der Waals surface area contributed by atoms with Crippen LogP contribution in [0.15, 0.2) is 52.2 Å². The number of H-pyrrole nitrogens is 1. The van der Waals surface area contributed by atoms with E-state index < -0.39 is 33.6 Å². The van der Waals surface area contributed by atoms with Crippen molar-refractivity contribution in [3.8, 4) is 0 Å². The predicted molar refractivity (Wildman–Crippen MR) is 148 cm³/mol. The highest BCUT2D eigenvalue weighted by Gasteiger charge is 2.25. The van der Waals surface area contributed by atoms with Crippen molar-refractivity contribution in [2.24, 2.45) is 0 Å². The van der Waals surface area contributed by atoms with Gasteiger partial charge in [0.25, 0.3) is 15.6 Å². The number of hydrogen-bond donors (Lipinski definition) is 2. The molecule has 2 aromatic carbocycles. The maximum Gasteiger partial charge on any atom is 0.348 e. The van der Waals surface area contributed by atoms with Gasteiger partial charge in [0, 0.05) is 5.69 Å². The van der Waals surface area contributed by atoms with Crippen molar-refractivity contribution < 1.29 is 27.5 Å². The first-order valence-corrected chi connectivity index (χ1v) is 14.4. The molecule has 0 aliphatic carbocycles. The summed E-state index contributed by atoms with van der Waals surface area (Å²) in [5, 5.41) is 0.221. The maximum atomic E-state index is 13.0. The Labute approximate surface area is 233 Å². The van der Waals surface area contributed by atoms with E-state index in [4.69, 9.17) is 21.1 Å². The summed E-state index contributed by atoms with van der Waals surface area (Å²) in [6.45, 7) is 6.80. The van der Waals surface area contributed by atoms with Crippen molar-refractivity contribution in [2.75, 3.05) is 11.3 Å². The maximum absolute atomic E-state index is 13.0. The van der Waals surface area contributed by atoms with Crippen molar-refractivity contribution in [1.82, 2.24) is 9.97 Å². The number of nitrogens with one attached hydrogen (secondary N) is 2. The van der Waals surface area contributed by atoms with Gasteiger partial charge in [-0.25, -0.2) is 23.0 Å². The molecule has 1 unspecified atom stereocenters. The molecular formula is C26H24ClN3O7S2. The SMILES string of the molecule is CCOC(=O)c1sc2nc(C(C)OC(=O)c3cc(S(=O)(=O)Nc4cccc(C)c4)ccc3Cl)[nH]c(=O)c2c1C. The minimum atomic E-state index is -4.04. The molecular weight excluding hydrogens is 566 g/mol. The van der Waals surface area contributed by atoms with Gasteiger partial charge in [0.2, 0.25) is 0 Å². The van der Waals surface area contributed by atoms with Gasteiger partial charge in [-0.05, 0) is 69.2 Å². The number of rotatable bonds is 8. The van der Waals surface area contributed by atoms with Gasteiger partial charge in [0.1, 0.15) is 9.71 Å². The van der Waals surface area contributed by atoms with Crippen LogP contribution in [0.3, 0.4) is 0 Å². The highest BCUT2D eigenvalue weighted by Crippen LogP contribution is 2.29. The normalized spacial score (nSPS) is 12.2. The van der Waals surface area contributed by atoms with Gasteiger partial charge in [0.15, 0.2) is 11.9 Å². The Balaban J connectivity index is 1.59. The van der Waals surface area contributed by atoms with Crippen LogP contribution < -0.4 is 10.3 Å². The van der Waals surface area contributed by atoms with E-state index in [0.717, 1.165) is 23.0 Å². The van der Waals surface area contributed by atoms with E-state index in [1.807, 2.05) is 13.0 Å². The lowest BCUT2D eigenvalue weighted by Crippen LogP contribution is -2.18. The molecule has 0 aliphatic heterocycles. The van der Waals surface area contributed by atoms with E-state index in [1.54, 1.807) is 32.0 Å². The van der Waals surface area contributed by atoms with Gasteiger partial charge < -0.3 is 14.5 Å². The van der Waals surface area contributed by atoms with Gasteiger partial charge in [-0.2, -0.15) is 0 Å². The molecule has 0 saturated carbocycles. The molecule has 39 heavy (non-hydrogen) atoms. The van der Waals surface area contributed by atoms with E-state index in [1.165, 1.54) is 19.1 Å². The molecule has 2 aromatic heterocycles. The number of hydrogen-bond acceptors (Lipinski definition) is 9. The Kier molecular flexibility index (Phi) is 8.09. The quantitative estimate of drug-likeness (QED) is 0.268. The summed E-state index contributed by atoms with van der Waals surface area (Å²) in [7, 11) is -4.04. The van der Waals surface area contributed by atoms with E-state index in [9.17, 15) is 22.8 Å². The van der Waals surface area contributed by atoms with Gasteiger partial charge in [-0.3, -0.25) is 9.52 Å². The number of fused-ring (bicyclic) bond motifs is 1. The second-order valence-electron chi connectivity index (χ2n) is 8.57. The number of aromatic nitrogens is 2. The van der Waals surface area contributed by atoms with Crippen LogP contribution in [0.25, 0.3) is 10.2 Å². The molecule has 2 heterocycles. The molecule has 1 atom stereocenters. The van der Waals surface area contributed by atoms with E-state index in [-0.39, 0.29) is 43.0 Å². The number of sulfonamides is 1. The number of carbonyl (C=O) groups excluding carboxylic acids is 2. The number of halogens is 1. The highest BCUT2D eigenvalue weighted by atomic mass is 35.5. The monoisotopic (exact) mass is 589 g/mol. The van der Waals surface area contributed by atoms with Crippen LogP contribution in [0.5, 0.6) is 0 Å². The van der Waals surface area contributed by atoms with Crippen LogP contribution in [-0.4, -0.2) is 36.9 Å². The molecule has 204 valence electrons. The molecule has 0 saturated heterocycles. The molecule has 4 aromatic rings. The lowest BCUT2D eigenvalue weighted by molar-refractivity contribution is 0.0319. The number of thiophene rings is 1. The smallest absolute Gasteiger partial charge is 0.348 e. The van der Waals surface area contributed by atoms with Crippen LogP contribution in [0, 0.1) is 13.8 Å². The van der Waals surface area contributed by atoms with Gasteiger partial charge in [-0.1, -0.05) is 23.7 Å². The van der Waals surface area contributed by atoms with Gasteiger partial charge in [-0.15, -0.1) is 11.3 Å². The Morgan fingerprint density at radius 3 is 2.59 bits per heavy atom. The minimum Gasteiger partial charge on any atom is -0.462 e. The van der Waals surface area contributed by atoms with Gasteiger partial charge >= 0.3 is 11.9 Å². The van der Waals surface area contributed by atoms with E-state index in [0.29, 0.717) is 11.3 Å². The fourth-order valence-corrected chi connectivity index (χ4v) is 6.13. The van der Waals surface area contributed by atoms with Crippen molar-refractivity contribution in [2.45, 2.75) is 38.7 Å². The molecule has 0 amide bonds. The molecule has 0 radical (unpaired) electrons. The Hall–Kier alpha value is -3.74. The molecule has 13 heteroatoms. The molecule has 0 spiro atoms. The second kappa shape index (κ2) is 11.2. The number of aryl methyl sites for hydroxylation is 2. The summed E-state index contributed by atoms with van der Waals surface area (Å²) in [6, 6.07) is 10.5. The van der Waals surface area contributed by atoms with Crippen LogP contribution in [0.4, 0.5) is 5.69 Å². The van der Waals surface area contributed by atoms with Crippen molar-refractivity contribution in [3.63, 3.8) is 0 Å². The second-order valence-corrected chi connectivity index (χ2v) is 11.7. The fraction of sp³-hybridized carbons (Fsp3) is 0.231. The number of benzene rings is 2. The third-order valence-corrected chi connectivity index (χ3v) is 8.56. The molecule has 10 nitrogen and oxygen atoms in total. The lowest BCUT2D eigenvalue weighted by Gasteiger charge is -2.14. The third-order valence-electron chi connectivity index (χ3n) is 5.69. The molecule has 0 fully saturated rings. The van der Waals surface area contributed by atoms with Crippen molar-refractivity contribution in [1.29, 1.82) is 0 Å². The van der Waals surface area contributed by atoms with Crippen LogP contribution in [0.2, 0.25) is 5.02 Å². The number of anilines is 1. The Morgan fingerprint density at radius 1 is 1.15 bits per heavy atom. The average Bonchev–Trinajstić information content (AvgIpc) is 3.20. The zero-order valence-electron chi connectivity index (χ0n) is 21.3. The van der Waals surface area contributed by atoms with Crippen LogP contribution >= 0.6 is 22.9 Å². The number of esters is 2. The van der Waals surface area contributed by atoms with Crippen LogP contribution in [-0.2, 0) is 19.5 Å². The molecule has 0 bridgehead atoms. The topological polar surface area (TPSA) is 145 Å². The number of aromatic amines is 1. The van der Waals surface area contributed by atoms with Gasteiger partial charge in [0.05, 0.1) is 27.5 Å². The molecule has 0 aliphatic rings. The summed E-state index contributed by atoms with van der Waals surface area (Å²) in [4.78, 5) is 45.3. The first kappa shape index (κ1) is 28.3. The minimum absolute atomic E-state index is 0.0217. The van der Waals surface area contributed by atoms with Crippen molar-refractivity contribution in [3.05, 3.63) is 85.2 Å². The number of carbonyl (C=O) groups is 2. The zero-order valence-corrected chi connectivity index (χ0v) is 23.7. The molecule has 4 rings (SSSR count). The average molecular weight is 590 g/mol. The summed E-state index contributed by atoms with van der Waals surface area (Å²) in [6.07, 6.45) is -1.04. The zero-order chi connectivity index (χ0) is 28.5. The third kappa shape index (κ3) is 5.97. The first-order chi connectivity index (χ1) is 18.4. The largest absolute Gasteiger partial charge is 0.462 e. The van der Waals surface area contributed by atoms with Crippen molar-refractivity contribution >= 4 is 60.8 Å². The summed E-state index contributed by atoms with van der Waals surface area (Å²) >= 11 is 7.20. The Bertz CT molecular complexity index is 1760. The standard InChI is InChI=1S/C26H24ClN3O7S2/c1-5-36-26(33)21-14(3)20-23(31)28-22(29-24(20)38-21)15(4)37-25(32)18-12-17(9-10-19(18)27)39(34,35)30-16-8-6-7-13(2)11-16/h6-12,15,30H,5H2,1-4H3,(H,28,29,31). The van der Waals surface area contributed by atoms with E-state index >= 15 is 0 Å². The number of ether oxygens (including phenoxy) is 2.